The van der Waals surface area contributed by atoms with Gasteiger partial charge in [0.05, 0.1) is 0 Å². The predicted molar refractivity (Wildman–Crippen MR) is 62.1 cm³/mol. The number of halogens is 2. The van der Waals surface area contributed by atoms with E-state index < -0.39 is 11.8 Å². The molecular formula is C14H18F2. The molecule has 1 fully saturated rings. The maximum absolute atomic E-state index is 13.9. The molecule has 1 saturated carbocycles. The lowest BCUT2D eigenvalue weighted by Crippen LogP contribution is -2.30. The molecule has 1 aromatic carbocycles. The van der Waals surface area contributed by atoms with Crippen molar-refractivity contribution in [2.45, 2.75) is 51.4 Å². The second-order valence-corrected chi connectivity index (χ2v) is 4.85. The lowest BCUT2D eigenvalue weighted by molar-refractivity contribution is -0.0549. The Balaban J connectivity index is 2.39. The molecule has 2 rings (SSSR count). The van der Waals surface area contributed by atoms with Gasteiger partial charge in [-0.3, -0.25) is 0 Å². The van der Waals surface area contributed by atoms with Gasteiger partial charge in [-0.1, -0.05) is 24.6 Å². The monoisotopic (exact) mass is 224 g/mol. The minimum atomic E-state index is -2.52. The van der Waals surface area contributed by atoms with Gasteiger partial charge in [0.25, 0.3) is 5.92 Å². The minimum Gasteiger partial charge on any atom is -0.206 e. The molecule has 1 aliphatic rings. The van der Waals surface area contributed by atoms with Crippen LogP contribution in [-0.2, 0) is 0 Å². The summed E-state index contributed by atoms with van der Waals surface area (Å²) in [5.74, 6) is -3.09. The Morgan fingerprint density at radius 3 is 2.62 bits per heavy atom. The quantitative estimate of drug-likeness (QED) is 0.654. The van der Waals surface area contributed by atoms with Crippen LogP contribution in [0.3, 0.4) is 0 Å². The lowest BCUT2D eigenvalue weighted by atomic mass is 9.78. The van der Waals surface area contributed by atoms with Gasteiger partial charge in [-0.2, -0.15) is 0 Å². The smallest absolute Gasteiger partial charge is 0.206 e. The van der Waals surface area contributed by atoms with Crippen LogP contribution in [0, 0.1) is 13.8 Å². The van der Waals surface area contributed by atoms with Crippen LogP contribution in [0.15, 0.2) is 18.2 Å². The van der Waals surface area contributed by atoms with E-state index in [4.69, 9.17) is 0 Å². The summed E-state index contributed by atoms with van der Waals surface area (Å²) in [5.41, 5.74) is 3.00. The van der Waals surface area contributed by atoms with E-state index in [-0.39, 0.29) is 6.42 Å². The van der Waals surface area contributed by atoms with Crippen LogP contribution in [-0.4, -0.2) is 5.92 Å². The van der Waals surface area contributed by atoms with E-state index in [0.717, 1.165) is 23.1 Å². The van der Waals surface area contributed by atoms with Crippen molar-refractivity contribution >= 4 is 0 Å². The molecule has 0 N–H and O–H groups in total. The highest BCUT2D eigenvalue weighted by Crippen LogP contribution is 2.45. The fraction of sp³-hybridized carbons (Fsp3) is 0.571. The van der Waals surface area contributed by atoms with Crippen LogP contribution >= 0.6 is 0 Å². The number of alkyl halides is 2. The first-order valence-corrected chi connectivity index (χ1v) is 5.96. The normalized spacial score (nSPS) is 24.4. The third-order valence-electron chi connectivity index (χ3n) is 3.78. The van der Waals surface area contributed by atoms with Gasteiger partial charge < -0.3 is 0 Å². The standard InChI is InChI=1S/C14H18F2/c1-10-6-5-7-12(11(10)2)13-8-3-4-9-14(13,15)16/h5-7,13H,3-4,8-9H2,1-2H3. The van der Waals surface area contributed by atoms with Crippen molar-refractivity contribution < 1.29 is 8.78 Å². The highest BCUT2D eigenvalue weighted by molar-refractivity contribution is 5.37. The first-order chi connectivity index (χ1) is 7.52. The zero-order valence-electron chi connectivity index (χ0n) is 9.89. The molecule has 0 radical (unpaired) electrons. The predicted octanol–water partition coefficient (Wildman–Crippen LogP) is 4.60. The molecule has 1 atom stereocenters. The Kier molecular flexibility index (Phi) is 3.00. The molecule has 0 bridgehead atoms. The van der Waals surface area contributed by atoms with E-state index in [2.05, 4.69) is 0 Å². The number of aryl methyl sites for hydroxylation is 1. The molecule has 1 aliphatic carbocycles. The fourth-order valence-corrected chi connectivity index (χ4v) is 2.63. The number of rotatable bonds is 1. The largest absolute Gasteiger partial charge is 0.254 e. The van der Waals surface area contributed by atoms with E-state index in [0.29, 0.717) is 12.8 Å². The maximum atomic E-state index is 13.9. The Hall–Kier alpha value is -0.920. The Morgan fingerprint density at radius 1 is 1.19 bits per heavy atom. The van der Waals surface area contributed by atoms with Gasteiger partial charge in [0.15, 0.2) is 0 Å². The summed E-state index contributed by atoms with van der Waals surface area (Å²) in [5, 5.41) is 0. The Morgan fingerprint density at radius 2 is 1.94 bits per heavy atom. The molecular weight excluding hydrogens is 206 g/mol. The second-order valence-electron chi connectivity index (χ2n) is 4.85. The van der Waals surface area contributed by atoms with Gasteiger partial charge in [-0.05, 0) is 43.4 Å². The molecule has 1 unspecified atom stereocenters. The second kappa shape index (κ2) is 4.15. The van der Waals surface area contributed by atoms with E-state index in [1.807, 2.05) is 32.0 Å². The van der Waals surface area contributed by atoms with Crippen molar-refractivity contribution in [1.82, 2.24) is 0 Å². The first-order valence-electron chi connectivity index (χ1n) is 5.96. The molecule has 0 heterocycles. The summed E-state index contributed by atoms with van der Waals surface area (Å²) in [7, 11) is 0. The van der Waals surface area contributed by atoms with Crippen molar-refractivity contribution in [3.8, 4) is 0 Å². The van der Waals surface area contributed by atoms with E-state index in [9.17, 15) is 8.78 Å². The van der Waals surface area contributed by atoms with Crippen molar-refractivity contribution in [2.75, 3.05) is 0 Å². The molecule has 16 heavy (non-hydrogen) atoms. The van der Waals surface area contributed by atoms with E-state index >= 15 is 0 Å². The molecule has 0 nitrogen and oxygen atoms in total. The Labute approximate surface area is 95.7 Å². The van der Waals surface area contributed by atoms with E-state index in [1.165, 1.54) is 0 Å². The molecule has 2 heteroatoms. The number of benzene rings is 1. The van der Waals surface area contributed by atoms with Crippen LogP contribution in [0.1, 0.15) is 48.3 Å². The average Bonchev–Trinajstić information content (AvgIpc) is 2.22. The molecule has 0 amide bonds. The SMILES string of the molecule is Cc1cccc(C2CCCCC2(F)F)c1C. The molecule has 88 valence electrons. The molecule has 1 aromatic rings. The van der Waals surface area contributed by atoms with Crippen molar-refractivity contribution in [2.24, 2.45) is 0 Å². The Bertz CT molecular complexity index is 382. The molecule has 0 saturated heterocycles. The van der Waals surface area contributed by atoms with Crippen LogP contribution in [0.25, 0.3) is 0 Å². The first kappa shape index (κ1) is 11.6. The summed E-state index contributed by atoms with van der Waals surface area (Å²) < 4.78 is 27.7. The molecule has 0 spiro atoms. The maximum Gasteiger partial charge on any atom is 0.254 e. The van der Waals surface area contributed by atoms with Gasteiger partial charge in [-0.15, -0.1) is 0 Å². The van der Waals surface area contributed by atoms with Gasteiger partial charge in [0, 0.05) is 12.3 Å². The summed E-state index contributed by atoms with van der Waals surface area (Å²) in [6, 6.07) is 5.74. The van der Waals surface area contributed by atoms with Crippen molar-refractivity contribution in [3.05, 3.63) is 34.9 Å². The van der Waals surface area contributed by atoms with Crippen LogP contribution in [0.5, 0.6) is 0 Å². The van der Waals surface area contributed by atoms with Gasteiger partial charge >= 0.3 is 0 Å². The third-order valence-corrected chi connectivity index (χ3v) is 3.78. The molecule has 0 aromatic heterocycles. The van der Waals surface area contributed by atoms with Gasteiger partial charge in [0.1, 0.15) is 0 Å². The highest BCUT2D eigenvalue weighted by atomic mass is 19.3. The van der Waals surface area contributed by atoms with Crippen LogP contribution in [0.2, 0.25) is 0 Å². The lowest BCUT2D eigenvalue weighted by Gasteiger charge is -2.32. The van der Waals surface area contributed by atoms with Gasteiger partial charge in [-0.25, -0.2) is 8.78 Å². The summed E-state index contributed by atoms with van der Waals surface area (Å²) >= 11 is 0. The zero-order valence-corrected chi connectivity index (χ0v) is 9.89. The zero-order chi connectivity index (χ0) is 11.8. The van der Waals surface area contributed by atoms with Crippen molar-refractivity contribution in [3.63, 3.8) is 0 Å². The topological polar surface area (TPSA) is 0 Å². The van der Waals surface area contributed by atoms with Gasteiger partial charge in [0.2, 0.25) is 0 Å². The summed E-state index contributed by atoms with van der Waals surface area (Å²) in [4.78, 5) is 0. The average molecular weight is 224 g/mol. The van der Waals surface area contributed by atoms with Crippen molar-refractivity contribution in [1.29, 1.82) is 0 Å². The van der Waals surface area contributed by atoms with Crippen LogP contribution in [0.4, 0.5) is 8.78 Å². The van der Waals surface area contributed by atoms with E-state index in [1.54, 1.807) is 0 Å². The molecule has 0 aliphatic heterocycles. The number of hydrogen-bond acceptors (Lipinski definition) is 0. The third kappa shape index (κ3) is 1.98. The highest BCUT2D eigenvalue weighted by Gasteiger charge is 2.42. The minimum absolute atomic E-state index is 0.0467. The van der Waals surface area contributed by atoms with Crippen LogP contribution < -0.4 is 0 Å². The number of hydrogen-bond donors (Lipinski definition) is 0. The fourth-order valence-electron chi connectivity index (χ4n) is 2.63. The summed E-state index contributed by atoms with van der Waals surface area (Å²) in [6.07, 6.45) is 2.25. The summed E-state index contributed by atoms with van der Waals surface area (Å²) in [6.45, 7) is 3.94.